The van der Waals surface area contributed by atoms with Crippen LogP contribution in [-0.2, 0) is 4.79 Å². The van der Waals surface area contributed by atoms with E-state index in [-0.39, 0.29) is 17.6 Å². The van der Waals surface area contributed by atoms with Crippen LogP contribution in [0.2, 0.25) is 0 Å². The van der Waals surface area contributed by atoms with Crippen molar-refractivity contribution in [3.63, 3.8) is 0 Å². The normalized spacial score (nSPS) is 16.9. The van der Waals surface area contributed by atoms with Crippen LogP contribution < -0.4 is 15.5 Å². The summed E-state index contributed by atoms with van der Waals surface area (Å²) in [5, 5.41) is 7.65. The van der Waals surface area contributed by atoms with Crippen molar-refractivity contribution in [2.45, 2.75) is 12.8 Å². The summed E-state index contributed by atoms with van der Waals surface area (Å²) in [4.78, 5) is 48.7. The molecule has 3 aromatic carbocycles. The molecule has 0 bridgehead atoms. The Bertz CT molecular complexity index is 1690. The van der Waals surface area contributed by atoms with Crippen molar-refractivity contribution in [1.82, 2.24) is 4.90 Å². The summed E-state index contributed by atoms with van der Waals surface area (Å²) in [6.07, 6.45) is 1.66. The van der Waals surface area contributed by atoms with Crippen molar-refractivity contribution in [2.75, 3.05) is 48.8 Å². The average molecular weight is 578 g/mol. The van der Waals surface area contributed by atoms with Crippen LogP contribution in [0, 0.1) is 6.92 Å². The summed E-state index contributed by atoms with van der Waals surface area (Å²) < 4.78 is 0. The Labute approximate surface area is 248 Å². The highest BCUT2D eigenvalue weighted by atomic mass is 32.1. The Morgan fingerprint density at radius 3 is 2.48 bits per heavy atom. The van der Waals surface area contributed by atoms with Crippen molar-refractivity contribution in [3.05, 3.63) is 105 Å². The van der Waals surface area contributed by atoms with Crippen molar-refractivity contribution < 1.29 is 14.4 Å². The summed E-state index contributed by atoms with van der Waals surface area (Å²) in [6, 6.07) is 22.1. The number of amides is 2. The van der Waals surface area contributed by atoms with Gasteiger partial charge in [0.25, 0.3) is 5.91 Å². The Hall–Kier alpha value is -4.60. The third-order valence-electron chi connectivity index (χ3n) is 7.73. The number of carbonyl (C=O) groups excluding carboxylic acids is 3. The molecule has 1 saturated heterocycles. The first kappa shape index (κ1) is 27.6. The highest BCUT2D eigenvalue weighted by molar-refractivity contribution is 7.12. The second-order valence-electron chi connectivity index (χ2n) is 10.7. The van der Waals surface area contributed by atoms with Gasteiger partial charge in [0.05, 0.1) is 10.6 Å². The molecule has 8 nitrogen and oxygen atoms in total. The molecule has 0 saturated carbocycles. The zero-order valence-electron chi connectivity index (χ0n) is 23.5. The van der Waals surface area contributed by atoms with Gasteiger partial charge < -0.3 is 20.4 Å². The second kappa shape index (κ2) is 11.7. The maximum atomic E-state index is 13.3. The minimum Gasteiger partial charge on any atom is -0.369 e. The van der Waals surface area contributed by atoms with Crippen LogP contribution in [0.1, 0.15) is 42.6 Å². The number of fused-ring (bicyclic) bond motifs is 1. The lowest BCUT2D eigenvalue weighted by atomic mass is 9.97. The first-order chi connectivity index (χ1) is 20.4. The Balaban J connectivity index is 1.14. The summed E-state index contributed by atoms with van der Waals surface area (Å²) in [6.45, 7) is 5.98. The molecule has 1 atom stereocenters. The molecule has 0 spiro atoms. The quantitative estimate of drug-likeness (QED) is 0.216. The number of thiophene rings is 1. The first-order valence-electron chi connectivity index (χ1n) is 13.9. The van der Waals surface area contributed by atoms with Gasteiger partial charge in [0.15, 0.2) is 5.78 Å². The van der Waals surface area contributed by atoms with Crippen molar-refractivity contribution in [1.29, 1.82) is 0 Å². The summed E-state index contributed by atoms with van der Waals surface area (Å²) >= 11 is 1.38. The fourth-order valence-corrected chi connectivity index (χ4v) is 6.07. The van der Waals surface area contributed by atoms with Gasteiger partial charge in [-0.1, -0.05) is 24.3 Å². The lowest BCUT2D eigenvalue weighted by Gasteiger charge is -2.34. The number of hydrogen-bond donors (Lipinski definition) is 2. The molecule has 42 heavy (non-hydrogen) atoms. The smallest absolute Gasteiger partial charge is 0.265 e. The van der Waals surface area contributed by atoms with Crippen LogP contribution in [0.5, 0.6) is 0 Å². The molecule has 9 heteroatoms. The predicted molar refractivity (Wildman–Crippen MR) is 169 cm³/mol. The van der Waals surface area contributed by atoms with E-state index in [4.69, 9.17) is 0 Å². The Morgan fingerprint density at radius 1 is 0.976 bits per heavy atom. The average Bonchev–Trinajstić information content (AvgIpc) is 3.57. The van der Waals surface area contributed by atoms with Crippen LogP contribution in [-0.4, -0.2) is 61.9 Å². The van der Waals surface area contributed by atoms with Crippen molar-refractivity contribution in [2.24, 2.45) is 4.99 Å². The SMILES string of the molecule is Cc1ccsc1C(=O)Nc1cccc(C(=O)c2ccc3c(c2)NC(=O)C3C=Nc2ccc(N3CCN(C)CC3)cc2)c1. The van der Waals surface area contributed by atoms with Crippen LogP contribution in [0.15, 0.2) is 83.2 Å². The van der Waals surface area contributed by atoms with Crippen molar-refractivity contribution in [3.8, 4) is 0 Å². The predicted octanol–water partition coefficient (Wildman–Crippen LogP) is 5.73. The zero-order valence-corrected chi connectivity index (χ0v) is 24.3. The summed E-state index contributed by atoms with van der Waals surface area (Å²) in [7, 11) is 2.14. The van der Waals surface area contributed by atoms with Gasteiger partial charge in [-0.2, -0.15) is 0 Å². The van der Waals surface area contributed by atoms with Gasteiger partial charge in [0.2, 0.25) is 5.91 Å². The van der Waals surface area contributed by atoms with Gasteiger partial charge in [-0.05, 0) is 79.0 Å². The molecule has 2 N–H and O–H groups in total. The van der Waals surface area contributed by atoms with Crippen LogP contribution >= 0.6 is 11.3 Å². The molecule has 2 amide bonds. The molecule has 1 aromatic heterocycles. The second-order valence-corrected chi connectivity index (χ2v) is 11.6. The molecule has 0 aliphatic carbocycles. The standard InChI is InChI=1S/C33H31N5O3S/c1-21-12-17-42-31(21)33(41)35-25-5-3-4-22(18-25)30(39)23-6-11-27-28(32(40)36-29(27)19-23)20-34-24-7-9-26(10-8-24)38-15-13-37(2)14-16-38/h3-12,17-20,28H,13-16H2,1-2H3,(H,35,41)(H,36,40). The maximum Gasteiger partial charge on any atom is 0.265 e. The van der Waals surface area contributed by atoms with E-state index in [1.54, 1.807) is 48.7 Å². The number of aryl methyl sites for hydroxylation is 1. The molecule has 4 aromatic rings. The third-order valence-corrected chi connectivity index (χ3v) is 8.75. The van der Waals surface area contributed by atoms with Gasteiger partial charge in [-0.3, -0.25) is 19.4 Å². The highest BCUT2D eigenvalue weighted by Gasteiger charge is 2.30. The van der Waals surface area contributed by atoms with Gasteiger partial charge in [0.1, 0.15) is 5.92 Å². The third kappa shape index (κ3) is 5.74. The van der Waals surface area contributed by atoms with Crippen LogP contribution in [0.4, 0.5) is 22.7 Å². The number of rotatable bonds is 7. The molecule has 2 aliphatic rings. The molecule has 0 radical (unpaired) electrons. The van der Waals surface area contributed by atoms with Gasteiger partial charge in [0, 0.05) is 60.6 Å². The van der Waals surface area contributed by atoms with Gasteiger partial charge in [-0.15, -0.1) is 11.3 Å². The monoisotopic (exact) mass is 577 g/mol. The number of likely N-dealkylation sites (N-methyl/N-ethyl adjacent to an activating group) is 1. The van der Waals surface area contributed by atoms with Crippen LogP contribution in [0.3, 0.4) is 0 Å². The minimum atomic E-state index is -0.541. The number of anilines is 3. The number of hydrogen-bond acceptors (Lipinski definition) is 7. The van der Waals surface area contributed by atoms with E-state index < -0.39 is 5.92 Å². The van der Waals surface area contributed by atoms with Crippen molar-refractivity contribution >= 4 is 57.9 Å². The lowest BCUT2D eigenvalue weighted by molar-refractivity contribution is -0.115. The molecule has 3 heterocycles. The number of carbonyl (C=O) groups is 3. The van der Waals surface area contributed by atoms with Crippen LogP contribution in [0.25, 0.3) is 0 Å². The van der Waals surface area contributed by atoms with Gasteiger partial charge >= 0.3 is 0 Å². The summed E-state index contributed by atoms with van der Waals surface area (Å²) in [5.74, 6) is -1.12. The first-order valence-corrected chi connectivity index (χ1v) is 14.8. The number of nitrogens with one attached hydrogen (secondary N) is 2. The molecular formula is C33H31N5O3S. The number of piperazine rings is 1. The number of nitrogens with zero attached hydrogens (tertiary/aromatic N) is 3. The van der Waals surface area contributed by atoms with Gasteiger partial charge in [-0.25, -0.2) is 0 Å². The van der Waals surface area contributed by atoms with E-state index in [9.17, 15) is 14.4 Å². The topological polar surface area (TPSA) is 94.1 Å². The molecular weight excluding hydrogens is 546 g/mol. The molecule has 2 aliphatic heterocycles. The van der Waals surface area contributed by atoms with E-state index in [0.29, 0.717) is 27.4 Å². The zero-order chi connectivity index (χ0) is 29.2. The number of aliphatic imine (C=N–C) groups is 1. The maximum absolute atomic E-state index is 13.3. The van der Waals surface area contributed by atoms with E-state index in [2.05, 4.69) is 44.6 Å². The van der Waals surface area contributed by atoms with E-state index in [0.717, 1.165) is 43.0 Å². The Morgan fingerprint density at radius 2 is 1.74 bits per heavy atom. The Kier molecular flexibility index (Phi) is 7.69. The molecule has 1 fully saturated rings. The largest absolute Gasteiger partial charge is 0.369 e. The van der Waals surface area contributed by atoms with E-state index in [1.807, 2.05) is 30.5 Å². The fraction of sp³-hybridized carbons (Fsp3) is 0.212. The van der Waals surface area contributed by atoms with E-state index >= 15 is 0 Å². The summed E-state index contributed by atoms with van der Waals surface area (Å²) in [5.41, 5.74) is 5.68. The lowest BCUT2D eigenvalue weighted by Crippen LogP contribution is -2.44. The molecule has 1 unspecified atom stereocenters. The number of ketones is 1. The highest BCUT2D eigenvalue weighted by Crippen LogP contribution is 2.33. The molecule has 212 valence electrons. The fourth-order valence-electron chi connectivity index (χ4n) is 5.25. The molecule has 6 rings (SSSR count). The van der Waals surface area contributed by atoms with E-state index in [1.165, 1.54) is 17.0 Å². The number of benzene rings is 3. The minimum absolute atomic E-state index is 0.180.